The summed E-state index contributed by atoms with van der Waals surface area (Å²) in [4.78, 5) is 18.2. The van der Waals surface area contributed by atoms with Gasteiger partial charge in [-0.25, -0.2) is 4.79 Å². The molecule has 0 heterocycles. The number of carbonyl (C=O) groups is 1. The fraction of sp³-hybridized carbons (Fsp3) is 0.188. The Balaban J connectivity index is 1.67. The summed E-state index contributed by atoms with van der Waals surface area (Å²) in [5, 5.41) is 2.39. The molecule has 0 N–H and O–H groups in total. The van der Waals surface area contributed by atoms with Crippen molar-refractivity contribution in [1.82, 2.24) is 0 Å². The average molecular weight is 462 g/mol. The van der Waals surface area contributed by atoms with Crippen molar-refractivity contribution in [2.24, 2.45) is 4.99 Å². The molecule has 0 fully saturated rings. The average Bonchev–Trinajstić information content (AvgIpc) is 2.86. The lowest BCUT2D eigenvalue weighted by Crippen LogP contribution is -2.31. The number of hydrogen-bond acceptors (Lipinski definition) is 3. The molecule has 3 heteroatoms. The van der Waals surface area contributed by atoms with Crippen molar-refractivity contribution in [2.45, 2.75) is 38.8 Å². The number of carbonyl (C=O) groups excluding carboxylic acids is 1. The highest BCUT2D eigenvalue weighted by Crippen LogP contribution is 2.19. The molecule has 4 aromatic rings. The van der Waals surface area contributed by atoms with E-state index >= 15 is 0 Å². The van der Waals surface area contributed by atoms with Gasteiger partial charge in [0.15, 0.2) is 6.04 Å². The van der Waals surface area contributed by atoms with Crippen molar-refractivity contribution in [3.05, 3.63) is 126 Å². The van der Waals surface area contributed by atoms with Crippen LogP contribution in [0.3, 0.4) is 0 Å². The van der Waals surface area contributed by atoms with E-state index < -0.39 is 11.6 Å². The number of fused-ring (bicyclic) bond motifs is 1. The lowest BCUT2D eigenvalue weighted by molar-refractivity contribution is -0.156. The van der Waals surface area contributed by atoms with E-state index in [9.17, 15) is 4.79 Å². The van der Waals surface area contributed by atoms with Crippen molar-refractivity contribution in [3.8, 4) is 0 Å². The largest absolute Gasteiger partial charge is 0.458 e. The number of rotatable bonds is 7. The van der Waals surface area contributed by atoms with E-state index in [-0.39, 0.29) is 5.97 Å². The molecule has 35 heavy (non-hydrogen) atoms. The second-order valence-electron chi connectivity index (χ2n) is 9.50. The van der Waals surface area contributed by atoms with Crippen LogP contribution in [0.5, 0.6) is 0 Å². The van der Waals surface area contributed by atoms with Gasteiger partial charge in [-0.3, -0.25) is 4.99 Å². The normalized spacial score (nSPS) is 12.4. The Hall–Kier alpha value is -3.98. The van der Waals surface area contributed by atoms with Gasteiger partial charge in [-0.2, -0.15) is 0 Å². The first-order valence-corrected chi connectivity index (χ1v) is 12.0. The van der Waals surface area contributed by atoms with Gasteiger partial charge in [0.25, 0.3) is 0 Å². The summed E-state index contributed by atoms with van der Waals surface area (Å²) >= 11 is 0. The van der Waals surface area contributed by atoms with Crippen LogP contribution in [0.4, 0.5) is 0 Å². The molecule has 3 nitrogen and oxygen atoms in total. The predicted molar refractivity (Wildman–Crippen MR) is 146 cm³/mol. The maximum atomic E-state index is 13.2. The molecule has 0 unspecified atom stereocenters. The van der Waals surface area contributed by atoms with Gasteiger partial charge in [-0.1, -0.05) is 109 Å². The van der Waals surface area contributed by atoms with Crippen LogP contribution in [0.25, 0.3) is 16.8 Å². The lowest BCUT2D eigenvalue weighted by Gasteiger charge is -2.22. The van der Waals surface area contributed by atoms with Gasteiger partial charge in [0.2, 0.25) is 0 Å². The van der Waals surface area contributed by atoms with Gasteiger partial charge in [0.05, 0.1) is 5.71 Å². The molecule has 1 atom stereocenters. The third-order valence-corrected chi connectivity index (χ3v) is 5.50. The number of benzene rings is 4. The molecule has 0 aliphatic heterocycles. The van der Waals surface area contributed by atoms with Gasteiger partial charge >= 0.3 is 5.97 Å². The highest BCUT2D eigenvalue weighted by atomic mass is 16.6. The Labute approximate surface area is 207 Å². The minimum absolute atomic E-state index is 0.329. The molecular formula is C32H31NO2. The molecule has 0 bridgehead atoms. The number of hydrogen-bond donors (Lipinski definition) is 0. The Morgan fingerprint density at radius 3 is 1.97 bits per heavy atom. The standard InChI is InChI=1S/C32H31NO2/c1-32(2,3)35-31(34)29(20-12-13-24-21-22-25-14-10-11-19-28(25)23-24)33-30(26-15-6-4-7-16-26)27-17-8-5-9-18-27/h4-19,21-23,29H,20H2,1-3H3/b13-12+/t29-/m0/s1. The molecule has 4 rings (SSSR count). The fourth-order valence-corrected chi connectivity index (χ4v) is 3.88. The van der Waals surface area contributed by atoms with Crippen LogP contribution in [0, 0.1) is 0 Å². The van der Waals surface area contributed by atoms with E-state index in [1.807, 2.05) is 106 Å². The third-order valence-electron chi connectivity index (χ3n) is 5.50. The number of esters is 1. The van der Waals surface area contributed by atoms with Crippen LogP contribution >= 0.6 is 0 Å². The number of ether oxygens (including phenoxy) is 1. The smallest absolute Gasteiger partial charge is 0.331 e. The summed E-state index contributed by atoms with van der Waals surface area (Å²) in [5.41, 5.74) is 3.20. The van der Waals surface area contributed by atoms with E-state index in [0.29, 0.717) is 6.42 Å². The summed E-state index contributed by atoms with van der Waals surface area (Å²) in [7, 11) is 0. The summed E-state index contributed by atoms with van der Waals surface area (Å²) in [5.74, 6) is -0.329. The molecule has 176 valence electrons. The van der Waals surface area contributed by atoms with Crippen LogP contribution in [-0.4, -0.2) is 23.3 Å². The SMILES string of the molecule is CC(C)(C)OC(=O)[C@H](C/C=C/c1ccc2ccccc2c1)N=C(c1ccccc1)c1ccccc1. The lowest BCUT2D eigenvalue weighted by atomic mass is 10.0. The fourth-order valence-electron chi connectivity index (χ4n) is 3.88. The van der Waals surface area contributed by atoms with Gasteiger partial charge in [0.1, 0.15) is 5.60 Å². The number of aliphatic imine (C=N–C) groups is 1. The topological polar surface area (TPSA) is 38.7 Å². The maximum Gasteiger partial charge on any atom is 0.331 e. The second kappa shape index (κ2) is 11.0. The first kappa shape index (κ1) is 24.2. The van der Waals surface area contributed by atoms with Gasteiger partial charge in [0, 0.05) is 11.1 Å². The third kappa shape index (κ3) is 6.77. The molecule has 0 spiro atoms. The first-order chi connectivity index (χ1) is 16.9. The quantitative estimate of drug-likeness (QED) is 0.211. The van der Waals surface area contributed by atoms with Crippen LogP contribution < -0.4 is 0 Å². The van der Waals surface area contributed by atoms with Crippen LogP contribution in [0.2, 0.25) is 0 Å². The second-order valence-corrected chi connectivity index (χ2v) is 9.50. The highest BCUT2D eigenvalue weighted by molar-refractivity contribution is 6.13. The zero-order chi connectivity index (χ0) is 24.7. The van der Waals surface area contributed by atoms with Gasteiger partial charge in [-0.15, -0.1) is 0 Å². The number of nitrogens with zero attached hydrogens (tertiary/aromatic N) is 1. The van der Waals surface area contributed by atoms with Crippen molar-refractivity contribution in [3.63, 3.8) is 0 Å². The van der Waals surface area contributed by atoms with Gasteiger partial charge in [-0.05, 0) is 49.6 Å². The van der Waals surface area contributed by atoms with E-state index in [0.717, 1.165) is 22.4 Å². The van der Waals surface area contributed by atoms with E-state index in [2.05, 4.69) is 30.3 Å². The molecule has 4 aromatic carbocycles. The zero-order valence-corrected chi connectivity index (χ0v) is 20.5. The highest BCUT2D eigenvalue weighted by Gasteiger charge is 2.25. The molecular weight excluding hydrogens is 430 g/mol. The molecule has 0 saturated heterocycles. The summed E-state index contributed by atoms with van der Waals surface area (Å²) in [6, 6.07) is 33.9. The minimum Gasteiger partial charge on any atom is -0.458 e. The minimum atomic E-state index is -0.665. The monoisotopic (exact) mass is 461 g/mol. The predicted octanol–water partition coefficient (Wildman–Crippen LogP) is 7.49. The van der Waals surface area contributed by atoms with E-state index in [4.69, 9.17) is 9.73 Å². The molecule has 0 amide bonds. The summed E-state index contributed by atoms with van der Waals surface area (Å²) < 4.78 is 5.75. The van der Waals surface area contributed by atoms with Crippen LogP contribution in [0.1, 0.15) is 43.9 Å². The van der Waals surface area contributed by atoms with Gasteiger partial charge < -0.3 is 4.74 Å². The van der Waals surface area contributed by atoms with Crippen LogP contribution in [0.15, 0.2) is 114 Å². The Morgan fingerprint density at radius 1 is 0.800 bits per heavy atom. The Bertz CT molecular complexity index is 1290. The molecule has 0 aromatic heterocycles. The van der Waals surface area contributed by atoms with Crippen molar-refractivity contribution in [1.29, 1.82) is 0 Å². The Kier molecular flexibility index (Phi) is 7.57. The van der Waals surface area contributed by atoms with Crippen LogP contribution in [-0.2, 0) is 9.53 Å². The first-order valence-electron chi connectivity index (χ1n) is 12.0. The summed E-state index contributed by atoms with van der Waals surface area (Å²) in [6.45, 7) is 5.64. The van der Waals surface area contributed by atoms with Crippen molar-refractivity contribution in [2.75, 3.05) is 0 Å². The molecule has 0 radical (unpaired) electrons. The molecule has 0 saturated carbocycles. The van der Waals surface area contributed by atoms with E-state index in [1.54, 1.807) is 0 Å². The summed E-state index contributed by atoms with van der Waals surface area (Å²) in [6.07, 6.45) is 4.49. The zero-order valence-electron chi connectivity index (χ0n) is 20.5. The van der Waals surface area contributed by atoms with Crippen molar-refractivity contribution >= 4 is 28.5 Å². The van der Waals surface area contributed by atoms with Crippen molar-refractivity contribution < 1.29 is 9.53 Å². The Morgan fingerprint density at radius 2 is 1.37 bits per heavy atom. The molecule has 0 aliphatic carbocycles. The molecule has 0 aliphatic rings. The van der Waals surface area contributed by atoms with E-state index in [1.165, 1.54) is 10.8 Å². The maximum absolute atomic E-state index is 13.2.